The first-order valence-corrected chi connectivity index (χ1v) is 2.19. The van der Waals surface area contributed by atoms with Crippen LogP contribution in [0.15, 0.2) is 0 Å². The molecule has 0 saturated carbocycles. The van der Waals surface area contributed by atoms with Crippen molar-refractivity contribution in [2.45, 2.75) is 0 Å². The summed E-state index contributed by atoms with van der Waals surface area (Å²) in [4.78, 5) is 25.6. The van der Waals surface area contributed by atoms with Gasteiger partial charge in [0.2, 0.25) is 0 Å². The molecule has 0 aliphatic rings. The molecule has 0 aromatic rings. The van der Waals surface area contributed by atoms with E-state index in [0.29, 0.717) is 0 Å². The largest absolute Gasteiger partial charge is 3.00 e. The fourth-order valence-corrected chi connectivity index (χ4v) is 0. The van der Waals surface area contributed by atoms with E-state index in [0.717, 1.165) is 0 Å². The third-order valence-electron chi connectivity index (χ3n) is 0. The predicted octanol–water partition coefficient (Wildman–Crippen LogP) is -3.21. The van der Waals surface area contributed by atoms with Gasteiger partial charge >= 0.3 is 43.3 Å². The minimum atomic E-state index is -5.39. The maximum absolute atomic E-state index is 8.55. The Bertz CT molecular complexity index is 57.8. The summed E-state index contributed by atoms with van der Waals surface area (Å²) in [6.45, 7) is 0. The van der Waals surface area contributed by atoms with Crippen molar-refractivity contribution < 1.29 is 36.3 Å². The molecule has 0 fully saturated rings. The summed E-state index contributed by atoms with van der Waals surface area (Å²) in [5.74, 6) is 0. The maximum Gasteiger partial charge on any atom is 3.00 e. The molecule has 0 saturated heterocycles. The van der Waals surface area contributed by atoms with E-state index >= 15 is 0 Å². The SMILES string of the molecule is O=P([O-])([O-])[O-].[Bi+3].[Fe+2]. The third kappa shape index (κ3) is 99.8. The van der Waals surface area contributed by atoms with E-state index in [1.807, 2.05) is 0 Å². The van der Waals surface area contributed by atoms with Crippen LogP contribution in [-0.2, 0) is 21.6 Å². The molecule has 7 heavy (non-hydrogen) atoms. The zero-order chi connectivity index (χ0) is 4.50. The molecule has 7 heteroatoms. The molecule has 0 bridgehead atoms. The summed E-state index contributed by atoms with van der Waals surface area (Å²) in [5, 5.41) is 0. The first-order valence-electron chi connectivity index (χ1n) is 0.730. The first-order chi connectivity index (χ1) is 2.00. The molecule has 0 rings (SSSR count). The molecule has 0 atom stereocenters. The molecule has 2 radical (unpaired) electrons. The van der Waals surface area contributed by atoms with Crippen molar-refractivity contribution >= 4 is 34.0 Å². The molecule has 0 aliphatic heterocycles. The summed E-state index contributed by atoms with van der Waals surface area (Å²) in [6, 6.07) is 0. The summed E-state index contributed by atoms with van der Waals surface area (Å²) in [6.07, 6.45) is 0. The van der Waals surface area contributed by atoms with Crippen molar-refractivity contribution in [1.82, 2.24) is 0 Å². The number of hydrogen-bond donors (Lipinski definition) is 0. The smallest absolute Gasteiger partial charge is 0.822 e. The van der Waals surface area contributed by atoms with Crippen molar-refractivity contribution in [2.24, 2.45) is 0 Å². The second-order valence-corrected chi connectivity index (χ2v) is 1.34. The molecule has 0 amide bonds. The molecule has 0 aliphatic carbocycles. The van der Waals surface area contributed by atoms with E-state index in [2.05, 4.69) is 0 Å². The van der Waals surface area contributed by atoms with Crippen molar-refractivity contribution in [3.05, 3.63) is 0 Å². The second kappa shape index (κ2) is 5.65. The van der Waals surface area contributed by atoms with E-state index in [-0.39, 0.29) is 43.3 Å². The average molecular weight is 360 g/mol. The molecular weight excluding hydrogens is 360 g/mol. The Hall–Kier alpha value is 1.51. The fourth-order valence-electron chi connectivity index (χ4n) is 0. The van der Waals surface area contributed by atoms with Crippen LogP contribution in [0.4, 0.5) is 0 Å². The van der Waals surface area contributed by atoms with Gasteiger partial charge in [0.25, 0.3) is 0 Å². The summed E-state index contributed by atoms with van der Waals surface area (Å²) in [5.41, 5.74) is 0. The van der Waals surface area contributed by atoms with Gasteiger partial charge in [0.05, 0.1) is 0 Å². The molecule has 4 nitrogen and oxygen atoms in total. The Morgan fingerprint density at radius 3 is 1.14 bits per heavy atom. The first kappa shape index (κ1) is 15.8. The van der Waals surface area contributed by atoms with Crippen LogP contribution in [0.5, 0.6) is 0 Å². The minimum Gasteiger partial charge on any atom is -0.822 e. The van der Waals surface area contributed by atoms with Gasteiger partial charge in [-0.3, -0.25) is 0 Å². The van der Waals surface area contributed by atoms with Crippen LogP contribution in [0.3, 0.4) is 0 Å². The van der Waals surface area contributed by atoms with Crippen LogP contribution in [0.1, 0.15) is 0 Å². The maximum atomic E-state index is 8.55. The van der Waals surface area contributed by atoms with E-state index in [1.165, 1.54) is 0 Å². The van der Waals surface area contributed by atoms with Crippen LogP contribution in [0.2, 0.25) is 0 Å². The summed E-state index contributed by atoms with van der Waals surface area (Å²) >= 11 is 0. The van der Waals surface area contributed by atoms with Gasteiger partial charge in [0, 0.05) is 0 Å². The van der Waals surface area contributed by atoms with Gasteiger partial charge < -0.3 is 19.2 Å². The van der Waals surface area contributed by atoms with Crippen molar-refractivity contribution in [1.29, 1.82) is 0 Å². The van der Waals surface area contributed by atoms with Crippen LogP contribution in [0.25, 0.3) is 0 Å². The van der Waals surface area contributed by atoms with Gasteiger partial charge in [-0.1, -0.05) is 0 Å². The number of phosphoric acid groups is 1. The van der Waals surface area contributed by atoms with E-state index in [1.54, 1.807) is 0 Å². The molecule has 0 unspecified atom stereocenters. The van der Waals surface area contributed by atoms with Gasteiger partial charge in [-0.15, -0.1) is 0 Å². The van der Waals surface area contributed by atoms with Crippen molar-refractivity contribution in [3.63, 3.8) is 0 Å². The fraction of sp³-hybridized carbons (Fsp3) is 0. The predicted molar refractivity (Wildman–Crippen MR) is 13.4 cm³/mol. The Morgan fingerprint density at radius 1 is 1.14 bits per heavy atom. The molecular formula is BiFeO4P+2. The summed E-state index contributed by atoms with van der Waals surface area (Å²) in [7, 11) is -5.39. The van der Waals surface area contributed by atoms with Crippen LogP contribution in [-0.4, -0.2) is 26.2 Å². The van der Waals surface area contributed by atoms with Gasteiger partial charge in [-0.25, -0.2) is 0 Å². The Kier molecular flexibility index (Phi) is 12.8. The van der Waals surface area contributed by atoms with E-state index < -0.39 is 7.82 Å². The van der Waals surface area contributed by atoms with Gasteiger partial charge in [-0.05, 0) is 0 Å². The normalized spacial score (nSPS) is 8.43. The topological polar surface area (TPSA) is 86.2 Å². The zero-order valence-corrected chi connectivity index (χ0v) is 8.36. The standard InChI is InChI=1S/Bi.Fe.H3O4P/c;;1-5(2,3)4/h;;(H3,1,2,3,4)/q+3;+2;/p-3. The molecule has 40 valence electrons. The molecule has 0 heterocycles. The zero-order valence-electron chi connectivity index (χ0n) is 2.88. The molecule has 0 aromatic carbocycles. The Labute approximate surface area is 70.2 Å². The Morgan fingerprint density at radius 2 is 1.14 bits per heavy atom. The van der Waals surface area contributed by atoms with Crippen LogP contribution < -0.4 is 14.7 Å². The molecule has 0 aromatic heterocycles. The number of hydrogen-bond acceptors (Lipinski definition) is 4. The quantitative estimate of drug-likeness (QED) is 0.336. The second-order valence-electron chi connectivity index (χ2n) is 0.447. The van der Waals surface area contributed by atoms with Crippen molar-refractivity contribution in [2.75, 3.05) is 0 Å². The van der Waals surface area contributed by atoms with Crippen LogP contribution in [0, 0.1) is 0 Å². The average Bonchev–Trinajstić information content (AvgIpc) is 0.722. The third-order valence-corrected chi connectivity index (χ3v) is 0. The Balaban J connectivity index is -0.0000000800. The van der Waals surface area contributed by atoms with Gasteiger partial charge in [0.1, 0.15) is 0 Å². The molecule has 0 N–H and O–H groups in total. The minimum absolute atomic E-state index is 0. The van der Waals surface area contributed by atoms with Gasteiger partial charge in [-0.2, -0.15) is 7.82 Å². The van der Waals surface area contributed by atoms with E-state index in [4.69, 9.17) is 19.2 Å². The monoisotopic (exact) mass is 360 g/mol. The van der Waals surface area contributed by atoms with Gasteiger partial charge in [0.15, 0.2) is 0 Å². The molecule has 0 spiro atoms. The van der Waals surface area contributed by atoms with Crippen LogP contribution >= 0.6 is 7.82 Å². The summed E-state index contributed by atoms with van der Waals surface area (Å²) < 4.78 is 8.55. The number of rotatable bonds is 0. The van der Waals surface area contributed by atoms with E-state index in [9.17, 15) is 0 Å². The van der Waals surface area contributed by atoms with Crippen molar-refractivity contribution in [3.8, 4) is 0 Å².